The zero-order chi connectivity index (χ0) is 33.4. The van der Waals surface area contributed by atoms with Crippen molar-refractivity contribution < 1.29 is 38.9 Å². The topological polar surface area (TPSA) is 89.5 Å². The van der Waals surface area contributed by atoms with Crippen LogP contribution in [0.5, 0.6) is 0 Å². The summed E-state index contributed by atoms with van der Waals surface area (Å²) in [6, 6.07) is 0. The van der Waals surface area contributed by atoms with Crippen LogP contribution in [-0.4, -0.2) is 25.5 Å². The second-order valence-electron chi connectivity index (χ2n) is 13.1. The third-order valence-corrected chi connectivity index (χ3v) is 8.67. The number of carbonyl (C=O) groups is 2. The zero-order valence-corrected chi connectivity index (χ0v) is 30.3. The second-order valence-corrected chi connectivity index (χ2v) is 13.1. The summed E-state index contributed by atoms with van der Waals surface area (Å²) in [7, 11) is 0. The normalized spacial score (nSPS) is 11.1. The largest absolute Gasteiger partial charge is 0.542 e. The van der Waals surface area contributed by atoms with Crippen molar-refractivity contribution in [3.05, 3.63) is 0 Å². The summed E-state index contributed by atoms with van der Waals surface area (Å²) in [5.41, 5.74) is 0. The molecule has 46 heavy (non-hydrogen) atoms. The second kappa shape index (κ2) is 39.6. The van der Waals surface area contributed by atoms with Gasteiger partial charge in [-0.15, -0.1) is 0 Å². The molecule has 8 heteroatoms. The molecule has 0 amide bonds. The molecule has 0 aliphatic carbocycles. The van der Waals surface area contributed by atoms with E-state index in [4.69, 9.17) is 9.47 Å². The quantitative estimate of drug-likeness (QED) is 0.0282. The monoisotopic (exact) mass is 659 g/mol. The Morgan fingerprint density at radius 1 is 0.304 bits per heavy atom. The Morgan fingerprint density at radius 2 is 0.500 bits per heavy atom. The maximum absolute atomic E-state index is 11.5. The molecule has 0 radical (unpaired) electrons. The van der Waals surface area contributed by atoms with Gasteiger partial charge in [-0.2, -0.15) is 0 Å². The Hall–Kier alpha value is -1.54. The Morgan fingerprint density at radius 3 is 0.717 bits per heavy atom. The van der Waals surface area contributed by atoms with Crippen molar-refractivity contribution >= 4 is 12.3 Å². The van der Waals surface area contributed by atoms with E-state index in [9.17, 15) is 9.59 Å². The van der Waals surface area contributed by atoms with Crippen LogP contribution in [0.4, 0.5) is 9.59 Å². The van der Waals surface area contributed by atoms with Gasteiger partial charge in [0.05, 0.1) is 13.2 Å². The highest BCUT2D eigenvalue weighted by Gasteiger charge is 2.10. The Bertz CT molecular complexity index is 564. The van der Waals surface area contributed by atoms with Crippen LogP contribution < -0.4 is 0 Å². The molecule has 0 heterocycles. The average Bonchev–Trinajstić information content (AvgIpc) is 3.06. The minimum absolute atomic E-state index is 0.239. The average molecular weight is 659 g/mol. The zero-order valence-electron chi connectivity index (χ0n) is 30.3. The Kier molecular flexibility index (Phi) is 38.3. The fraction of sp³-hybridized carbons (Fsp3) is 0.947. The van der Waals surface area contributed by atoms with Gasteiger partial charge in [-0.3, -0.25) is 0 Å². The first-order valence-electron chi connectivity index (χ1n) is 19.7. The highest BCUT2D eigenvalue weighted by atomic mass is 17.7. The van der Waals surface area contributed by atoms with Crippen LogP contribution >= 0.6 is 0 Å². The maximum Gasteiger partial charge on any atom is 0.542 e. The van der Waals surface area contributed by atoms with Gasteiger partial charge in [0.1, 0.15) is 0 Å². The van der Waals surface area contributed by atoms with Crippen molar-refractivity contribution in [1.29, 1.82) is 0 Å². The number of ether oxygens (including phenoxy) is 2. The van der Waals surface area contributed by atoms with Crippen molar-refractivity contribution in [2.75, 3.05) is 13.2 Å². The summed E-state index contributed by atoms with van der Waals surface area (Å²) in [6.07, 6.45) is 38.9. The number of hydrogen-bond acceptors (Lipinski definition) is 8. The lowest BCUT2D eigenvalue weighted by Gasteiger charge is -2.05. The van der Waals surface area contributed by atoms with Gasteiger partial charge in [-0.25, -0.2) is 19.4 Å². The van der Waals surface area contributed by atoms with Crippen LogP contribution in [0.2, 0.25) is 0 Å². The van der Waals surface area contributed by atoms with Gasteiger partial charge < -0.3 is 9.47 Å². The van der Waals surface area contributed by atoms with Gasteiger partial charge in [0.2, 0.25) is 0 Å². The van der Waals surface area contributed by atoms with Crippen molar-refractivity contribution in [2.45, 2.75) is 219 Å². The first-order chi connectivity index (χ1) is 22.7. The SMILES string of the molecule is CCCCCCCCCCCCCCCCCCOC(=O)OOOOC(=O)OCCCCCCCCCCCCCCCCCC. The molecule has 0 aromatic rings. The molecule has 0 aromatic carbocycles. The van der Waals surface area contributed by atoms with Crippen LogP contribution in [-0.2, 0) is 29.3 Å². The van der Waals surface area contributed by atoms with Crippen molar-refractivity contribution in [3.63, 3.8) is 0 Å². The van der Waals surface area contributed by atoms with E-state index in [1.54, 1.807) is 0 Å². The highest BCUT2D eigenvalue weighted by molar-refractivity contribution is 5.59. The van der Waals surface area contributed by atoms with Crippen LogP contribution in [0.1, 0.15) is 219 Å². The third-order valence-electron chi connectivity index (χ3n) is 8.67. The molecule has 0 rings (SSSR count). The van der Waals surface area contributed by atoms with Gasteiger partial charge in [0.15, 0.2) is 0 Å². The molecule has 0 aliphatic rings. The van der Waals surface area contributed by atoms with E-state index < -0.39 is 12.3 Å². The number of unbranched alkanes of at least 4 members (excludes halogenated alkanes) is 30. The maximum atomic E-state index is 11.5. The van der Waals surface area contributed by atoms with E-state index in [0.717, 1.165) is 38.5 Å². The fourth-order valence-electron chi connectivity index (χ4n) is 5.74. The van der Waals surface area contributed by atoms with E-state index in [0.29, 0.717) is 0 Å². The van der Waals surface area contributed by atoms with Gasteiger partial charge in [0, 0.05) is 10.1 Å². The van der Waals surface area contributed by atoms with Crippen LogP contribution in [0, 0.1) is 0 Å². The lowest BCUT2D eigenvalue weighted by Crippen LogP contribution is -2.13. The van der Waals surface area contributed by atoms with E-state index >= 15 is 0 Å². The molecule has 0 saturated carbocycles. The lowest BCUT2D eigenvalue weighted by atomic mass is 10.0. The standard InChI is InChI=1S/C38H74O8/c1-3-5-7-9-11-13-15-17-19-21-23-25-27-29-31-33-35-41-37(39)43-45-46-44-38(40)42-36-34-32-30-28-26-24-22-20-18-16-14-12-10-8-6-4-2/h3-36H2,1-2H3. The summed E-state index contributed by atoms with van der Waals surface area (Å²) < 4.78 is 9.79. The number of carbonyl (C=O) groups excluding carboxylic acids is 2. The molecule has 0 bridgehead atoms. The fourth-order valence-corrected chi connectivity index (χ4v) is 5.74. The molecular weight excluding hydrogens is 584 g/mol. The van der Waals surface area contributed by atoms with Crippen molar-refractivity contribution in [1.82, 2.24) is 0 Å². The summed E-state index contributed by atoms with van der Waals surface area (Å²) in [5.74, 6) is 0. The van der Waals surface area contributed by atoms with E-state index in [1.165, 1.54) is 167 Å². The van der Waals surface area contributed by atoms with E-state index in [1.807, 2.05) is 0 Å². The number of rotatable bonds is 37. The van der Waals surface area contributed by atoms with Crippen molar-refractivity contribution in [3.8, 4) is 0 Å². The minimum atomic E-state index is -1.05. The molecule has 0 atom stereocenters. The molecule has 0 saturated heterocycles. The van der Waals surface area contributed by atoms with Crippen LogP contribution in [0.3, 0.4) is 0 Å². The predicted molar refractivity (Wildman–Crippen MR) is 186 cm³/mol. The first-order valence-corrected chi connectivity index (χ1v) is 19.7. The Balaban J connectivity index is 3.25. The Labute approximate surface area is 283 Å². The lowest BCUT2D eigenvalue weighted by molar-refractivity contribution is -0.601. The minimum Gasteiger partial charge on any atom is -0.432 e. The molecule has 0 N–H and O–H groups in total. The highest BCUT2D eigenvalue weighted by Crippen LogP contribution is 2.15. The molecule has 8 nitrogen and oxygen atoms in total. The summed E-state index contributed by atoms with van der Waals surface area (Å²) in [4.78, 5) is 31.4. The van der Waals surface area contributed by atoms with Crippen LogP contribution in [0.15, 0.2) is 0 Å². The molecule has 0 spiro atoms. The molecule has 0 aliphatic heterocycles. The summed E-state index contributed by atoms with van der Waals surface area (Å²) >= 11 is 0. The van der Waals surface area contributed by atoms with Gasteiger partial charge >= 0.3 is 12.3 Å². The molecule has 0 unspecified atom stereocenters. The van der Waals surface area contributed by atoms with Gasteiger partial charge in [-0.05, 0) is 12.8 Å². The summed E-state index contributed by atoms with van der Waals surface area (Å²) in [6.45, 7) is 5.01. The smallest absolute Gasteiger partial charge is 0.432 e. The molecule has 0 fully saturated rings. The summed E-state index contributed by atoms with van der Waals surface area (Å²) in [5, 5.41) is 8.18. The molecule has 274 valence electrons. The predicted octanol–water partition coefficient (Wildman–Crippen LogP) is 13.6. The van der Waals surface area contributed by atoms with E-state index in [2.05, 4.69) is 33.7 Å². The van der Waals surface area contributed by atoms with Crippen molar-refractivity contribution in [2.24, 2.45) is 0 Å². The van der Waals surface area contributed by atoms with Crippen LogP contribution in [0.25, 0.3) is 0 Å². The molecule has 0 aromatic heterocycles. The van der Waals surface area contributed by atoms with Gasteiger partial charge in [0.25, 0.3) is 0 Å². The van der Waals surface area contributed by atoms with Gasteiger partial charge in [-0.1, -0.05) is 206 Å². The van der Waals surface area contributed by atoms with E-state index in [-0.39, 0.29) is 13.2 Å². The third kappa shape index (κ3) is 38.6. The first kappa shape index (κ1) is 44.5. The number of hydrogen-bond donors (Lipinski definition) is 0. The molecular formula is C38H74O8.